The molecule has 2 fully saturated rings. The molecule has 2 aliphatic heterocycles. The number of aliphatic hydroxyl groups is 1. The molecule has 0 aliphatic carbocycles. The summed E-state index contributed by atoms with van der Waals surface area (Å²) in [7, 11) is 0. The van der Waals surface area contributed by atoms with Crippen LogP contribution in [-0.2, 0) is 14.2 Å². The number of hydrogen-bond acceptors (Lipinski definition) is 6. The number of hydrogen-bond donors (Lipinski definition) is 2. The Morgan fingerprint density at radius 1 is 1.11 bits per heavy atom. The van der Waals surface area contributed by atoms with E-state index in [2.05, 4.69) is 4.98 Å². The Hall–Kier alpha value is -2.26. The smallest absolute Gasteiger partial charge is 0.330 e. The van der Waals surface area contributed by atoms with Crippen molar-refractivity contribution in [2.24, 2.45) is 0 Å². The molecule has 3 heterocycles. The quantitative estimate of drug-likeness (QED) is 0.836. The zero-order chi connectivity index (χ0) is 18.8. The van der Waals surface area contributed by atoms with Crippen molar-refractivity contribution in [3.63, 3.8) is 0 Å². The number of nitrogens with one attached hydrogen (secondary N) is 1. The Balaban J connectivity index is 1.62. The predicted molar refractivity (Wildman–Crippen MR) is 96.3 cm³/mol. The third kappa shape index (κ3) is 3.74. The Bertz CT molecular complexity index is 898. The maximum Gasteiger partial charge on any atom is 0.330 e. The van der Waals surface area contributed by atoms with Crippen molar-refractivity contribution in [2.45, 2.75) is 37.9 Å². The van der Waals surface area contributed by atoms with Crippen LogP contribution in [0.5, 0.6) is 0 Å². The molecule has 0 saturated carbocycles. The van der Waals surface area contributed by atoms with E-state index in [9.17, 15) is 14.7 Å². The van der Waals surface area contributed by atoms with Crippen LogP contribution in [0.4, 0.5) is 0 Å². The summed E-state index contributed by atoms with van der Waals surface area (Å²) >= 11 is 0. The maximum absolute atomic E-state index is 12.3. The summed E-state index contributed by atoms with van der Waals surface area (Å²) in [6, 6.07) is 7.33. The first kappa shape index (κ1) is 18.1. The van der Waals surface area contributed by atoms with Gasteiger partial charge in [0.05, 0.1) is 31.5 Å². The molecule has 4 rings (SSSR count). The summed E-state index contributed by atoms with van der Waals surface area (Å²) in [5, 5.41) is 9.22. The van der Waals surface area contributed by atoms with Crippen LogP contribution in [0.15, 0.2) is 40.1 Å². The fourth-order valence-corrected chi connectivity index (χ4v) is 3.43. The van der Waals surface area contributed by atoms with Gasteiger partial charge in [-0.15, -0.1) is 0 Å². The Labute approximate surface area is 155 Å². The van der Waals surface area contributed by atoms with E-state index in [4.69, 9.17) is 14.2 Å². The SMILES string of the molecule is O=c1[nH]c(=O)n([C@H]2CC[C@@H](CO)O2)cc1-c1ccc(C2OCCCO2)cc1. The topological polar surface area (TPSA) is 103 Å². The average Bonchev–Trinajstić information content (AvgIpc) is 3.18. The number of aliphatic hydroxyl groups excluding tert-OH is 1. The molecule has 8 heteroatoms. The lowest BCUT2D eigenvalue weighted by atomic mass is 10.1. The van der Waals surface area contributed by atoms with Crippen molar-refractivity contribution < 1.29 is 19.3 Å². The van der Waals surface area contributed by atoms with E-state index in [-0.39, 0.29) is 19.0 Å². The van der Waals surface area contributed by atoms with Gasteiger partial charge in [0.25, 0.3) is 5.56 Å². The molecule has 8 nitrogen and oxygen atoms in total. The van der Waals surface area contributed by atoms with Crippen LogP contribution < -0.4 is 11.2 Å². The third-order valence-electron chi connectivity index (χ3n) is 4.89. The van der Waals surface area contributed by atoms with E-state index >= 15 is 0 Å². The van der Waals surface area contributed by atoms with Crippen LogP contribution in [0.3, 0.4) is 0 Å². The number of H-pyrrole nitrogens is 1. The lowest BCUT2D eigenvalue weighted by Gasteiger charge is -2.23. The monoisotopic (exact) mass is 374 g/mol. The molecule has 2 aliphatic rings. The van der Waals surface area contributed by atoms with Crippen LogP contribution in [0.25, 0.3) is 11.1 Å². The van der Waals surface area contributed by atoms with Gasteiger partial charge in [0, 0.05) is 11.8 Å². The summed E-state index contributed by atoms with van der Waals surface area (Å²) in [6.45, 7) is 1.23. The van der Waals surface area contributed by atoms with Gasteiger partial charge in [0.15, 0.2) is 6.29 Å². The molecule has 0 amide bonds. The van der Waals surface area contributed by atoms with Crippen molar-refractivity contribution in [3.05, 3.63) is 56.9 Å². The maximum atomic E-state index is 12.3. The highest BCUT2D eigenvalue weighted by Gasteiger charge is 2.27. The predicted octanol–water partition coefficient (Wildman–Crippen LogP) is 1.31. The Kier molecular flexibility index (Phi) is 5.22. The first-order valence-electron chi connectivity index (χ1n) is 9.11. The second-order valence-electron chi connectivity index (χ2n) is 6.73. The molecule has 2 saturated heterocycles. The number of rotatable bonds is 4. The van der Waals surface area contributed by atoms with Gasteiger partial charge in [-0.05, 0) is 24.8 Å². The van der Waals surface area contributed by atoms with Crippen LogP contribution >= 0.6 is 0 Å². The fourth-order valence-electron chi connectivity index (χ4n) is 3.43. The minimum Gasteiger partial charge on any atom is -0.394 e. The summed E-state index contributed by atoms with van der Waals surface area (Å²) in [6.07, 6.45) is 2.51. The van der Waals surface area contributed by atoms with Crippen molar-refractivity contribution in [1.29, 1.82) is 0 Å². The largest absolute Gasteiger partial charge is 0.394 e. The normalized spacial score (nSPS) is 23.6. The van der Waals surface area contributed by atoms with Crippen LogP contribution in [0, 0.1) is 0 Å². The van der Waals surface area contributed by atoms with Gasteiger partial charge in [-0.2, -0.15) is 0 Å². The Morgan fingerprint density at radius 3 is 2.52 bits per heavy atom. The van der Waals surface area contributed by atoms with Gasteiger partial charge in [0.1, 0.15) is 6.23 Å². The van der Waals surface area contributed by atoms with Crippen LogP contribution in [0.2, 0.25) is 0 Å². The molecule has 2 aromatic rings. The molecule has 27 heavy (non-hydrogen) atoms. The highest BCUT2D eigenvalue weighted by atomic mass is 16.7. The summed E-state index contributed by atoms with van der Waals surface area (Å²) in [5.41, 5.74) is 0.968. The molecule has 0 radical (unpaired) electrons. The molecule has 2 N–H and O–H groups in total. The first-order valence-corrected chi connectivity index (χ1v) is 9.11. The minimum atomic E-state index is -0.520. The van der Waals surface area contributed by atoms with Crippen molar-refractivity contribution in [1.82, 2.24) is 9.55 Å². The molecule has 2 atom stereocenters. The van der Waals surface area contributed by atoms with Gasteiger partial charge in [-0.1, -0.05) is 24.3 Å². The average molecular weight is 374 g/mol. The summed E-state index contributed by atoms with van der Waals surface area (Å²) in [5.74, 6) is 0. The zero-order valence-corrected chi connectivity index (χ0v) is 14.8. The molecule has 1 aromatic heterocycles. The minimum absolute atomic E-state index is 0.0891. The second-order valence-corrected chi connectivity index (χ2v) is 6.73. The van der Waals surface area contributed by atoms with Gasteiger partial charge in [0.2, 0.25) is 0 Å². The molecule has 144 valence electrons. The highest BCUT2D eigenvalue weighted by Crippen LogP contribution is 2.28. The van der Waals surface area contributed by atoms with Crippen molar-refractivity contribution in [2.75, 3.05) is 19.8 Å². The fraction of sp³-hybridized carbons (Fsp3) is 0.474. The first-order chi connectivity index (χ1) is 13.2. The van der Waals surface area contributed by atoms with E-state index in [0.29, 0.717) is 37.2 Å². The number of aromatic nitrogens is 2. The number of benzene rings is 1. The van der Waals surface area contributed by atoms with E-state index in [0.717, 1.165) is 12.0 Å². The van der Waals surface area contributed by atoms with Gasteiger partial charge < -0.3 is 19.3 Å². The zero-order valence-electron chi connectivity index (χ0n) is 14.8. The van der Waals surface area contributed by atoms with E-state index in [1.807, 2.05) is 24.3 Å². The summed E-state index contributed by atoms with van der Waals surface area (Å²) < 4.78 is 18.2. The number of aromatic amines is 1. The van der Waals surface area contributed by atoms with Crippen molar-refractivity contribution >= 4 is 0 Å². The Morgan fingerprint density at radius 2 is 1.85 bits per heavy atom. The number of ether oxygens (including phenoxy) is 3. The van der Waals surface area contributed by atoms with Gasteiger partial charge in [-0.25, -0.2) is 4.79 Å². The van der Waals surface area contributed by atoms with E-state index in [1.54, 1.807) is 0 Å². The molecule has 0 bridgehead atoms. The molecule has 1 aromatic carbocycles. The molecular formula is C19H22N2O6. The number of nitrogens with zero attached hydrogens (tertiary/aromatic N) is 1. The lowest BCUT2D eigenvalue weighted by molar-refractivity contribution is -0.183. The van der Waals surface area contributed by atoms with Crippen LogP contribution in [-0.4, -0.2) is 40.6 Å². The van der Waals surface area contributed by atoms with Crippen LogP contribution in [0.1, 0.15) is 37.3 Å². The van der Waals surface area contributed by atoms with E-state index in [1.165, 1.54) is 10.8 Å². The third-order valence-corrected chi connectivity index (χ3v) is 4.89. The van der Waals surface area contributed by atoms with E-state index < -0.39 is 17.5 Å². The lowest BCUT2D eigenvalue weighted by Crippen LogP contribution is -2.33. The van der Waals surface area contributed by atoms with Gasteiger partial charge in [-0.3, -0.25) is 14.3 Å². The molecule has 0 spiro atoms. The van der Waals surface area contributed by atoms with Gasteiger partial charge >= 0.3 is 5.69 Å². The second kappa shape index (κ2) is 7.77. The van der Waals surface area contributed by atoms with Crippen molar-refractivity contribution in [3.8, 4) is 11.1 Å². The summed E-state index contributed by atoms with van der Waals surface area (Å²) in [4.78, 5) is 26.9. The standard InChI is InChI=1S/C19H22N2O6/c22-11-14-6-7-16(27-14)21-10-15(17(23)20-19(21)24)12-2-4-13(5-3-12)18-25-8-1-9-26-18/h2-5,10,14,16,18,22H,1,6-9,11H2,(H,20,23,24)/t14-,16+/m0/s1. The molecule has 0 unspecified atom stereocenters. The highest BCUT2D eigenvalue weighted by molar-refractivity contribution is 5.61. The molecular weight excluding hydrogens is 352 g/mol.